The number of nitrogens with zero attached hydrogens (tertiary/aromatic N) is 2. The maximum absolute atomic E-state index is 5.77. The zero-order chi connectivity index (χ0) is 12.4. The van der Waals surface area contributed by atoms with Crippen LogP contribution in [0.3, 0.4) is 0 Å². The molecule has 17 heavy (non-hydrogen) atoms. The van der Waals surface area contributed by atoms with Crippen LogP contribution in [0.15, 0.2) is 29.3 Å². The number of likely N-dealkylation sites (N-methyl/N-ethyl adjacent to an activating group) is 1. The summed E-state index contributed by atoms with van der Waals surface area (Å²) < 4.78 is 0. The fraction of sp³-hybridized carbons (Fsp3) is 0.500. The van der Waals surface area contributed by atoms with Crippen LogP contribution < -0.4 is 5.73 Å². The molecule has 0 amide bonds. The van der Waals surface area contributed by atoms with E-state index in [1.165, 1.54) is 11.1 Å². The second kappa shape index (κ2) is 4.78. The third kappa shape index (κ3) is 2.60. The molecule has 0 fully saturated rings. The minimum atomic E-state index is 0.464. The lowest BCUT2D eigenvalue weighted by molar-refractivity contribution is 0.422. The third-order valence-electron chi connectivity index (χ3n) is 3.41. The first-order valence-electron chi connectivity index (χ1n) is 6.19. The molecule has 0 bridgehead atoms. The van der Waals surface area contributed by atoms with E-state index in [9.17, 15) is 0 Å². The Hall–Kier alpha value is -1.51. The van der Waals surface area contributed by atoms with Gasteiger partial charge in [0.1, 0.15) is 0 Å². The number of hydrogen-bond acceptors (Lipinski definition) is 3. The van der Waals surface area contributed by atoms with Gasteiger partial charge in [0.15, 0.2) is 5.96 Å². The number of nitrogens with two attached hydrogens (primary N) is 1. The van der Waals surface area contributed by atoms with E-state index in [1.807, 2.05) is 11.9 Å². The van der Waals surface area contributed by atoms with Gasteiger partial charge in [0.25, 0.3) is 0 Å². The first kappa shape index (κ1) is 12.0. The zero-order valence-corrected chi connectivity index (χ0v) is 10.9. The monoisotopic (exact) mass is 231 g/mol. The van der Waals surface area contributed by atoms with Gasteiger partial charge in [0, 0.05) is 19.5 Å². The molecule has 0 radical (unpaired) electrons. The van der Waals surface area contributed by atoms with E-state index in [0.717, 1.165) is 13.1 Å². The average Bonchev–Trinajstić information content (AvgIpc) is 2.33. The largest absolute Gasteiger partial charge is 0.370 e. The quantitative estimate of drug-likeness (QED) is 0.847. The Kier molecular flexibility index (Phi) is 3.36. The van der Waals surface area contributed by atoms with Crippen molar-refractivity contribution in [1.29, 1.82) is 0 Å². The predicted molar refractivity (Wildman–Crippen MR) is 72.4 cm³/mol. The molecule has 92 valence electrons. The van der Waals surface area contributed by atoms with Crippen molar-refractivity contribution < 1.29 is 0 Å². The van der Waals surface area contributed by atoms with Crippen molar-refractivity contribution in [1.82, 2.24) is 4.90 Å². The number of hydrogen-bond donors (Lipinski definition) is 1. The molecule has 1 unspecified atom stereocenters. The van der Waals surface area contributed by atoms with Crippen LogP contribution in [0.4, 0.5) is 0 Å². The summed E-state index contributed by atoms with van der Waals surface area (Å²) in [6.07, 6.45) is 0. The van der Waals surface area contributed by atoms with Crippen molar-refractivity contribution in [3.8, 4) is 0 Å². The van der Waals surface area contributed by atoms with Gasteiger partial charge in [-0.2, -0.15) is 0 Å². The van der Waals surface area contributed by atoms with Crippen LogP contribution in [-0.2, 0) is 0 Å². The van der Waals surface area contributed by atoms with E-state index < -0.39 is 0 Å². The number of aliphatic imine (C=N–C) groups is 1. The van der Waals surface area contributed by atoms with Crippen molar-refractivity contribution >= 4 is 5.96 Å². The van der Waals surface area contributed by atoms with Crippen LogP contribution in [0.25, 0.3) is 0 Å². The normalized spacial score (nSPS) is 20.6. The second-order valence-electron chi connectivity index (χ2n) is 5.10. The molecule has 0 aliphatic carbocycles. The fourth-order valence-corrected chi connectivity index (χ4v) is 2.19. The molecule has 0 saturated heterocycles. The zero-order valence-electron chi connectivity index (χ0n) is 10.9. The van der Waals surface area contributed by atoms with Crippen LogP contribution >= 0.6 is 0 Å². The first-order valence-corrected chi connectivity index (χ1v) is 6.19. The Morgan fingerprint density at radius 2 is 2.18 bits per heavy atom. The molecule has 1 aromatic rings. The van der Waals surface area contributed by atoms with Gasteiger partial charge in [-0.05, 0) is 17.0 Å². The highest BCUT2D eigenvalue weighted by Crippen LogP contribution is 2.24. The number of guanidine groups is 1. The molecule has 3 heteroatoms. The van der Waals surface area contributed by atoms with Crippen LogP contribution in [-0.4, -0.2) is 31.0 Å². The Morgan fingerprint density at radius 1 is 1.41 bits per heavy atom. The first-order chi connectivity index (χ1) is 8.08. The Morgan fingerprint density at radius 3 is 2.82 bits per heavy atom. The van der Waals surface area contributed by atoms with Gasteiger partial charge in [0.05, 0.1) is 6.54 Å². The van der Waals surface area contributed by atoms with Gasteiger partial charge in [0.2, 0.25) is 0 Å². The van der Waals surface area contributed by atoms with Crippen LogP contribution in [0, 0.1) is 0 Å². The lowest BCUT2D eigenvalue weighted by Gasteiger charge is -2.29. The summed E-state index contributed by atoms with van der Waals surface area (Å²) in [5.41, 5.74) is 8.54. The Balaban J connectivity index is 2.21. The summed E-state index contributed by atoms with van der Waals surface area (Å²) in [6.45, 7) is 6.21. The molecule has 1 aliphatic rings. The summed E-state index contributed by atoms with van der Waals surface area (Å²) >= 11 is 0. The molecule has 1 atom stereocenters. The lowest BCUT2D eigenvalue weighted by Crippen LogP contribution is -2.41. The van der Waals surface area contributed by atoms with Gasteiger partial charge in [-0.3, -0.25) is 4.99 Å². The number of benzene rings is 1. The molecule has 0 aromatic heterocycles. The highest BCUT2D eigenvalue weighted by molar-refractivity contribution is 5.78. The molecule has 0 saturated carbocycles. The molecule has 2 rings (SSSR count). The van der Waals surface area contributed by atoms with Crippen LogP contribution in [0.1, 0.15) is 36.8 Å². The topological polar surface area (TPSA) is 41.6 Å². The standard InChI is InChI=1S/C14H21N3/c1-10(2)11-5-4-6-12(7-11)13-8-16-14(15)17(3)9-13/h4-7,10,13H,8-9H2,1-3H3,(H2,15,16). The summed E-state index contributed by atoms with van der Waals surface area (Å²) in [5.74, 6) is 1.69. The van der Waals surface area contributed by atoms with Crippen molar-refractivity contribution in [2.24, 2.45) is 10.7 Å². The Labute approximate surface area is 103 Å². The van der Waals surface area contributed by atoms with Crippen molar-refractivity contribution in [3.63, 3.8) is 0 Å². The molecular weight excluding hydrogens is 210 g/mol. The van der Waals surface area contributed by atoms with Gasteiger partial charge in [-0.25, -0.2) is 0 Å². The molecule has 1 aliphatic heterocycles. The summed E-state index contributed by atoms with van der Waals surface area (Å²) in [4.78, 5) is 6.39. The van der Waals surface area contributed by atoms with Crippen molar-refractivity contribution in [2.75, 3.05) is 20.1 Å². The van der Waals surface area contributed by atoms with Crippen LogP contribution in [0.2, 0.25) is 0 Å². The predicted octanol–water partition coefficient (Wildman–Crippen LogP) is 2.15. The van der Waals surface area contributed by atoms with Gasteiger partial charge >= 0.3 is 0 Å². The third-order valence-corrected chi connectivity index (χ3v) is 3.41. The van der Waals surface area contributed by atoms with E-state index >= 15 is 0 Å². The summed E-state index contributed by atoms with van der Waals surface area (Å²) in [6, 6.07) is 8.84. The highest BCUT2D eigenvalue weighted by Gasteiger charge is 2.19. The lowest BCUT2D eigenvalue weighted by atomic mass is 9.93. The molecule has 3 nitrogen and oxygen atoms in total. The smallest absolute Gasteiger partial charge is 0.191 e. The van der Waals surface area contributed by atoms with E-state index in [4.69, 9.17) is 5.73 Å². The summed E-state index contributed by atoms with van der Waals surface area (Å²) in [5, 5.41) is 0. The van der Waals surface area contributed by atoms with Crippen molar-refractivity contribution in [2.45, 2.75) is 25.7 Å². The van der Waals surface area contributed by atoms with Gasteiger partial charge in [-0.15, -0.1) is 0 Å². The summed E-state index contributed by atoms with van der Waals surface area (Å²) in [7, 11) is 2.00. The highest BCUT2D eigenvalue weighted by atomic mass is 15.2. The maximum atomic E-state index is 5.77. The van der Waals surface area contributed by atoms with E-state index in [2.05, 4.69) is 43.1 Å². The molecule has 1 aromatic carbocycles. The number of rotatable bonds is 2. The van der Waals surface area contributed by atoms with Gasteiger partial charge in [-0.1, -0.05) is 38.1 Å². The van der Waals surface area contributed by atoms with E-state index in [0.29, 0.717) is 17.8 Å². The maximum Gasteiger partial charge on any atom is 0.191 e. The fourth-order valence-electron chi connectivity index (χ4n) is 2.19. The molecular formula is C14H21N3. The second-order valence-corrected chi connectivity index (χ2v) is 5.10. The van der Waals surface area contributed by atoms with E-state index in [1.54, 1.807) is 0 Å². The molecule has 0 spiro atoms. The molecule has 1 heterocycles. The Bertz CT molecular complexity index is 423. The van der Waals surface area contributed by atoms with E-state index in [-0.39, 0.29) is 0 Å². The van der Waals surface area contributed by atoms with Crippen LogP contribution in [0.5, 0.6) is 0 Å². The minimum Gasteiger partial charge on any atom is -0.370 e. The average molecular weight is 231 g/mol. The van der Waals surface area contributed by atoms with Gasteiger partial charge < -0.3 is 10.6 Å². The SMILES string of the molecule is CC(C)c1cccc(C2CN=C(N)N(C)C2)c1. The minimum absolute atomic E-state index is 0.464. The molecule has 2 N–H and O–H groups in total. The van der Waals surface area contributed by atoms with Crippen molar-refractivity contribution in [3.05, 3.63) is 35.4 Å².